The number of benzene rings is 2. The molecule has 4 rings (SSSR count). The van der Waals surface area contributed by atoms with Gasteiger partial charge in [-0.3, -0.25) is 4.79 Å². The van der Waals surface area contributed by atoms with E-state index in [0.29, 0.717) is 30.3 Å². The molecule has 1 aliphatic rings. The summed E-state index contributed by atoms with van der Waals surface area (Å²) in [6.45, 7) is 6.53. The van der Waals surface area contributed by atoms with Crippen LogP contribution >= 0.6 is 11.3 Å². The summed E-state index contributed by atoms with van der Waals surface area (Å²) in [6.07, 6.45) is 0. The number of thiophene rings is 1. The first-order chi connectivity index (χ1) is 16.8. The second kappa shape index (κ2) is 10.8. The normalized spacial score (nSPS) is 12.0. The highest BCUT2D eigenvalue weighted by atomic mass is 32.1. The third-order valence-corrected chi connectivity index (χ3v) is 6.74. The van der Waals surface area contributed by atoms with Gasteiger partial charge >= 0.3 is 6.03 Å². The fourth-order valence-electron chi connectivity index (χ4n) is 3.73. The first-order valence-corrected chi connectivity index (χ1v) is 12.2. The maximum absolute atomic E-state index is 13.6. The van der Waals surface area contributed by atoms with Gasteiger partial charge < -0.3 is 24.6 Å². The van der Waals surface area contributed by atoms with Crippen molar-refractivity contribution in [2.45, 2.75) is 39.9 Å². The highest BCUT2D eigenvalue weighted by Crippen LogP contribution is 2.33. The molecule has 1 N–H and O–H groups in total. The van der Waals surface area contributed by atoms with E-state index in [2.05, 4.69) is 5.32 Å². The van der Waals surface area contributed by atoms with Gasteiger partial charge in [-0.2, -0.15) is 0 Å². The molecule has 3 aromatic rings. The number of amides is 3. The quantitative estimate of drug-likeness (QED) is 0.453. The van der Waals surface area contributed by atoms with Crippen molar-refractivity contribution in [3.8, 4) is 11.5 Å². The Morgan fingerprint density at radius 2 is 1.89 bits per heavy atom. The number of urea groups is 1. The smallest absolute Gasteiger partial charge is 0.322 e. The molecule has 1 aliphatic heterocycles. The van der Waals surface area contributed by atoms with E-state index in [0.717, 1.165) is 16.0 Å². The van der Waals surface area contributed by atoms with Crippen molar-refractivity contribution < 1.29 is 23.5 Å². The van der Waals surface area contributed by atoms with Gasteiger partial charge in [-0.05, 0) is 73.7 Å². The Labute approximate surface area is 208 Å². The molecule has 2 heterocycles. The zero-order chi connectivity index (χ0) is 24.9. The molecule has 0 unspecified atom stereocenters. The standard InChI is InChI=1S/C26H28FN3O4S/c1-17(2)30(26(32)28-21-6-4-5-20(27)12-21)15-25(31)29(14-24-18(3)9-10-35-24)13-19-7-8-22-23(11-19)34-16-33-22/h4-12,17H,13-16H2,1-3H3,(H,28,32). The van der Waals surface area contributed by atoms with Gasteiger partial charge in [0.05, 0.1) is 6.54 Å². The molecule has 0 fully saturated rings. The monoisotopic (exact) mass is 497 g/mol. The molecule has 0 aliphatic carbocycles. The highest BCUT2D eigenvalue weighted by Gasteiger charge is 2.25. The summed E-state index contributed by atoms with van der Waals surface area (Å²) >= 11 is 1.59. The predicted octanol–water partition coefficient (Wildman–Crippen LogP) is 5.40. The van der Waals surface area contributed by atoms with Crippen LogP contribution in [-0.2, 0) is 17.9 Å². The number of rotatable bonds is 8. The van der Waals surface area contributed by atoms with Crippen LogP contribution in [0.2, 0.25) is 0 Å². The number of anilines is 1. The number of hydrogen-bond acceptors (Lipinski definition) is 5. The largest absolute Gasteiger partial charge is 0.454 e. The topological polar surface area (TPSA) is 71.1 Å². The Bertz CT molecular complexity index is 1210. The van der Waals surface area contributed by atoms with Crippen LogP contribution in [0.3, 0.4) is 0 Å². The summed E-state index contributed by atoms with van der Waals surface area (Å²) in [7, 11) is 0. The molecule has 7 nitrogen and oxygen atoms in total. The number of fused-ring (bicyclic) bond motifs is 1. The van der Waals surface area contributed by atoms with Crippen molar-refractivity contribution in [3.63, 3.8) is 0 Å². The number of halogens is 1. The SMILES string of the molecule is Cc1ccsc1CN(Cc1ccc2c(c1)OCO2)C(=O)CN(C(=O)Nc1cccc(F)c1)C(C)C. The molecule has 0 radical (unpaired) electrons. The molecule has 1 aromatic heterocycles. The minimum atomic E-state index is -0.464. The minimum Gasteiger partial charge on any atom is -0.454 e. The highest BCUT2D eigenvalue weighted by molar-refractivity contribution is 7.10. The van der Waals surface area contributed by atoms with Crippen LogP contribution in [0, 0.1) is 12.7 Å². The van der Waals surface area contributed by atoms with Crippen LogP contribution in [-0.4, -0.2) is 41.1 Å². The molecule has 0 saturated heterocycles. The lowest BCUT2D eigenvalue weighted by Crippen LogP contribution is -2.47. The molecular weight excluding hydrogens is 469 g/mol. The van der Waals surface area contributed by atoms with Crippen LogP contribution in [0.4, 0.5) is 14.9 Å². The minimum absolute atomic E-state index is 0.117. The first-order valence-electron chi connectivity index (χ1n) is 11.3. The Morgan fingerprint density at radius 1 is 1.09 bits per heavy atom. The fourth-order valence-corrected chi connectivity index (χ4v) is 4.65. The third kappa shape index (κ3) is 6.10. The van der Waals surface area contributed by atoms with E-state index in [1.165, 1.54) is 23.1 Å². The summed E-state index contributed by atoms with van der Waals surface area (Å²) < 4.78 is 24.4. The maximum atomic E-state index is 13.6. The zero-order valence-corrected chi connectivity index (χ0v) is 20.7. The van der Waals surface area contributed by atoms with Crippen molar-refractivity contribution in [2.24, 2.45) is 0 Å². The van der Waals surface area contributed by atoms with E-state index < -0.39 is 11.8 Å². The molecule has 0 saturated carbocycles. The Kier molecular flexibility index (Phi) is 7.55. The Hall–Kier alpha value is -3.59. The number of carbonyl (C=O) groups is 2. The van der Waals surface area contributed by atoms with Gasteiger partial charge in [0.25, 0.3) is 0 Å². The van der Waals surface area contributed by atoms with E-state index in [1.54, 1.807) is 22.3 Å². The van der Waals surface area contributed by atoms with Gasteiger partial charge in [-0.15, -0.1) is 11.3 Å². The summed E-state index contributed by atoms with van der Waals surface area (Å²) in [5.41, 5.74) is 2.35. The first kappa shape index (κ1) is 24.5. The molecule has 0 spiro atoms. The Balaban J connectivity index is 1.52. The van der Waals surface area contributed by atoms with Gasteiger partial charge in [0.1, 0.15) is 12.4 Å². The number of aryl methyl sites for hydroxylation is 1. The second-order valence-corrected chi connectivity index (χ2v) is 9.63. The van der Waals surface area contributed by atoms with Gasteiger partial charge in [0.15, 0.2) is 11.5 Å². The average Bonchev–Trinajstić information content (AvgIpc) is 3.45. The Morgan fingerprint density at radius 3 is 2.60 bits per heavy atom. The van der Waals surface area contributed by atoms with Gasteiger partial charge in [0, 0.05) is 23.2 Å². The molecule has 3 amide bonds. The number of hydrogen-bond donors (Lipinski definition) is 1. The summed E-state index contributed by atoms with van der Waals surface area (Å²) in [6, 6.07) is 12.6. The lowest BCUT2D eigenvalue weighted by molar-refractivity contribution is -0.133. The van der Waals surface area contributed by atoms with Crippen LogP contribution < -0.4 is 14.8 Å². The predicted molar refractivity (Wildman–Crippen MR) is 133 cm³/mol. The van der Waals surface area contributed by atoms with Crippen molar-refractivity contribution >= 4 is 29.0 Å². The lowest BCUT2D eigenvalue weighted by Gasteiger charge is -2.30. The van der Waals surface area contributed by atoms with Gasteiger partial charge in [-0.25, -0.2) is 9.18 Å². The van der Waals surface area contributed by atoms with Crippen molar-refractivity contribution in [1.29, 1.82) is 0 Å². The molecule has 35 heavy (non-hydrogen) atoms. The molecular formula is C26H28FN3O4S. The van der Waals surface area contributed by atoms with E-state index in [1.807, 2.05) is 50.4 Å². The van der Waals surface area contributed by atoms with Crippen LogP contribution in [0.1, 0.15) is 29.9 Å². The average molecular weight is 498 g/mol. The van der Waals surface area contributed by atoms with E-state index in [9.17, 15) is 14.0 Å². The van der Waals surface area contributed by atoms with Crippen molar-refractivity contribution in [2.75, 3.05) is 18.7 Å². The maximum Gasteiger partial charge on any atom is 0.322 e. The van der Waals surface area contributed by atoms with Crippen LogP contribution in [0.25, 0.3) is 0 Å². The fraction of sp³-hybridized carbons (Fsp3) is 0.308. The van der Waals surface area contributed by atoms with Crippen LogP contribution in [0.15, 0.2) is 53.9 Å². The summed E-state index contributed by atoms with van der Waals surface area (Å²) in [4.78, 5) is 30.8. The van der Waals surface area contributed by atoms with Crippen molar-refractivity contribution in [1.82, 2.24) is 9.80 Å². The van der Waals surface area contributed by atoms with Gasteiger partial charge in [0.2, 0.25) is 12.7 Å². The van der Waals surface area contributed by atoms with E-state index in [-0.39, 0.29) is 25.3 Å². The van der Waals surface area contributed by atoms with Crippen LogP contribution in [0.5, 0.6) is 11.5 Å². The summed E-state index contributed by atoms with van der Waals surface area (Å²) in [5.74, 6) is 0.691. The van der Waals surface area contributed by atoms with E-state index >= 15 is 0 Å². The molecule has 9 heteroatoms. The second-order valence-electron chi connectivity index (χ2n) is 8.63. The molecule has 0 atom stereocenters. The van der Waals surface area contributed by atoms with E-state index in [4.69, 9.17) is 9.47 Å². The lowest BCUT2D eigenvalue weighted by atomic mass is 10.1. The zero-order valence-electron chi connectivity index (χ0n) is 19.9. The number of nitrogens with zero attached hydrogens (tertiary/aromatic N) is 2. The molecule has 184 valence electrons. The molecule has 0 bridgehead atoms. The number of nitrogens with one attached hydrogen (secondary N) is 1. The number of ether oxygens (including phenoxy) is 2. The number of carbonyl (C=O) groups excluding carboxylic acids is 2. The summed E-state index contributed by atoms with van der Waals surface area (Å²) in [5, 5.41) is 4.69. The third-order valence-electron chi connectivity index (χ3n) is 5.73. The molecule has 2 aromatic carbocycles. The van der Waals surface area contributed by atoms with Crippen molar-refractivity contribution in [3.05, 3.63) is 75.7 Å². The van der Waals surface area contributed by atoms with Gasteiger partial charge in [-0.1, -0.05) is 12.1 Å².